The number of guanidine groups is 1. The minimum atomic E-state index is -1.05. The van der Waals surface area contributed by atoms with Crippen molar-refractivity contribution >= 4 is 52.6 Å². The highest BCUT2D eigenvalue weighted by atomic mass is 35.5. The van der Waals surface area contributed by atoms with Crippen LogP contribution in [-0.2, 0) is 14.3 Å². The summed E-state index contributed by atoms with van der Waals surface area (Å²) in [5, 5.41) is 21.4. The highest BCUT2D eigenvalue weighted by Gasteiger charge is 2.24. The lowest BCUT2D eigenvalue weighted by Gasteiger charge is -2.20. The number of phenolic OH excluding ortho intramolecular Hbond substituents is 1. The van der Waals surface area contributed by atoms with Gasteiger partial charge in [0.05, 0.1) is 43.7 Å². The van der Waals surface area contributed by atoms with Gasteiger partial charge in [-0.1, -0.05) is 29.3 Å². The first-order chi connectivity index (χ1) is 17.7. The number of rotatable bonds is 9. The number of amides is 2. The van der Waals surface area contributed by atoms with Gasteiger partial charge in [0.2, 0.25) is 5.91 Å². The van der Waals surface area contributed by atoms with Crippen LogP contribution in [0.25, 0.3) is 0 Å². The van der Waals surface area contributed by atoms with Crippen LogP contribution in [0.3, 0.4) is 0 Å². The minimum absolute atomic E-state index is 0.0426. The summed E-state index contributed by atoms with van der Waals surface area (Å²) < 4.78 is 18.2. The molecule has 3 rings (SSSR count). The van der Waals surface area contributed by atoms with Gasteiger partial charge in [-0.2, -0.15) is 0 Å². The second-order valence-electron chi connectivity index (χ2n) is 8.01. The summed E-state index contributed by atoms with van der Waals surface area (Å²) in [6.07, 6.45) is -1.35. The fourth-order valence-corrected chi connectivity index (χ4v) is 3.97. The number of anilines is 1. The number of hydrogen-bond donors (Lipinski definition) is 5. The topological polar surface area (TPSA) is 141 Å². The molecule has 0 bridgehead atoms. The third-order valence-electron chi connectivity index (χ3n) is 5.18. The first kappa shape index (κ1) is 28.0. The molecule has 13 heteroatoms. The van der Waals surface area contributed by atoms with Crippen molar-refractivity contribution in [2.24, 2.45) is 4.99 Å². The van der Waals surface area contributed by atoms with Gasteiger partial charge in [-0.15, -0.1) is 0 Å². The number of ether oxygens (including phenoxy) is 1. The SMILES string of the molecule is CCOC(=O)C[C@@H](NC(=O)CNC(=O)c1cccc(NC2=NCC(F)CN2)c1)c1cc(Cl)cc(Cl)c1O. The maximum absolute atomic E-state index is 13.2. The molecule has 2 aromatic rings. The summed E-state index contributed by atoms with van der Waals surface area (Å²) in [5.74, 6) is -1.72. The van der Waals surface area contributed by atoms with E-state index >= 15 is 0 Å². The Morgan fingerprint density at radius 3 is 2.76 bits per heavy atom. The Labute approximate surface area is 222 Å². The van der Waals surface area contributed by atoms with E-state index in [9.17, 15) is 23.9 Å². The van der Waals surface area contributed by atoms with E-state index in [0.29, 0.717) is 11.6 Å². The molecule has 0 saturated heterocycles. The molecule has 1 unspecified atom stereocenters. The summed E-state index contributed by atoms with van der Waals surface area (Å²) in [5.41, 5.74) is 0.936. The molecule has 1 heterocycles. The molecule has 37 heavy (non-hydrogen) atoms. The van der Waals surface area contributed by atoms with E-state index in [0.717, 1.165) is 0 Å². The smallest absolute Gasteiger partial charge is 0.308 e. The molecule has 1 aliphatic rings. The van der Waals surface area contributed by atoms with Crippen molar-refractivity contribution in [2.45, 2.75) is 25.6 Å². The van der Waals surface area contributed by atoms with Crippen LogP contribution in [0.15, 0.2) is 41.4 Å². The van der Waals surface area contributed by atoms with Crippen LogP contribution in [-0.4, -0.2) is 61.3 Å². The number of nitrogens with one attached hydrogen (secondary N) is 4. The Kier molecular flexibility index (Phi) is 9.93. The van der Waals surface area contributed by atoms with Gasteiger partial charge in [0.15, 0.2) is 5.96 Å². The molecule has 0 fully saturated rings. The van der Waals surface area contributed by atoms with Crippen molar-refractivity contribution < 1.29 is 28.6 Å². The van der Waals surface area contributed by atoms with Crippen LogP contribution in [0.2, 0.25) is 10.0 Å². The Morgan fingerprint density at radius 2 is 2.05 bits per heavy atom. The van der Waals surface area contributed by atoms with Crippen LogP contribution < -0.4 is 21.3 Å². The van der Waals surface area contributed by atoms with Crippen molar-refractivity contribution in [1.29, 1.82) is 0 Å². The van der Waals surface area contributed by atoms with Crippen molar-refractivity contribution in [3.05, 3.63) is 57.6 Å². The van der Waals surface area contributed by atoms with E-state index in [1.54, 1.807) is 31.2 Å². The number of carbonyl (C=O) groups is 3. The molecule has 0 aromatic heterocycles. The summed E-state index contributed by atoms with van der Waals surface area (Å²) >= 11 is 12.0. The van der Waals surface area contributed by atoms with Crippen LogP contribution in [0.5, 0.6) is 5.75 Å². The van der Waals surface area contributed by atoms with Gasteiger partial charge in [0.1, 0.15) is 11.9 Å². The predicted molar refractivity (Wildman–Crippen MR) is 138 cm³/mol. The van der Waals surface area contributed by atoms with Crippen LogP contribution >= 0.6 is 23.2 Å². The summed E-state index contributed by atoms with van der Waals surface area (Å²) in [6.45, 7) is 1.53. The zero-order valence-corrected chi connectivity index (χ0v) is 21.3. The average Bonchev–Trinajstić information content (AvgIpc) is 2.86. The molecule has 0 radical (unpaired) electrons. The molecular formula is C24H26Cl2FN5O5. The van der Waals surface area contributed by atoms with Crippen molar-refractivity contribution in [2.75, 3.05) is 31.6 Å². The Bertz CT molecular complexity index is 1200. The molecule has 0 saturated carbocycles. The Hall–Kier alpha value is -3.57. The molecule has 2 amide bonds. The molecule has 2 aromatic carbocycles. The zero-order chi connectivity index (χ0) is 26.9. The molecule has 1 aliphatic heterocycles. The third-order valence-corrected chi connectivity index (χ3v) is 5.69. The first-order valence-corrected chi connectivity index (χ1v) is 12.1. The number of nitrogens with zero attached hydrogens (tertiary/aromatic N) is 1. The number of carbonyl (C=O) groups excluding carboxylic acids is 3. The molecule has 5 N–H and O–H groups in total. The standard InChI is InChI=1S/C24H26Cl2FN5O5/c1-2-37-21(34)9-19(17-7-14(25)8-18(26)22(17)35)32-20(33)12-28-23(36)13-4-3-5-16(6-13)31-24-29-10-15(27)11-30-24/h3-8,15,19,35H,2,9-12H2,1H3,(H,28,36)(H,32,33)(H2,29,30,31)/t19-/m1/s1. The summed E-state index contributed by atoms with van der Waals surface area (Å²) in [6, 6.07) is 8.14. The lowest BCUT2D eigenvalue weighted by Crippen LogP contribution is -2.41. The second kappa shape index (κ2) is 13.1. The van der Waals surface area contributed by atoms with E-state index in [-0.39, 0.29) is 53.0 Å². The number of aliphatic imine (C=N–C) groups is 1. The highest BCUT2D eigenvalue weighted by Crippen LogP contribution is 2.36. The van der Waals surface area contributed by atoms with Crippen LogP contribution in [0.1, 0.15) is 35.3 Å². The normalized spacial score (nSPS) is 15.6. The van der Waals surface area contributed by atoms with Crippen molar-refractivity contribution in [3.8, 4) is 5.75 Å². The van der Waals surface area contributed by atoms with Gasteiger partial charge < -0.3 is 31.1 Å². The van der Waals surface area contributed by atoms with Crippen molar-refractivity contribution in [1.82, 2.24) is 16.0 Å². The van der Waals surface area contributed by atoms with E-state index in [4.69, 9.17) is 27.9 Å². The number of benzene rings is 2. The number of hydrogen-bond acceptors (Lipinski definition) is 8. The van der Waals surface area contributed by atoms with Gasteiger partial charge in [-0.3, -0.25) is 14.4 Å². The maximum Gasteiger partial charge on any atom is 0.308 e. The largest absolute Gasteiger partial charge is 0.506 e. The van der Waals surface area contributed by atoms with Gasteiger partial charge in [0, 0.05) is 21.8 Å². The minimum Gasteiger partial charge on any atom is -0.506 e. The maximum atomic E-state index is 13.2. The fourth-order valence-electron chi connectivity index (χ4n) is 3.46. The molecule has 10 nitrogen and oxygen atoms in total. The van der Waals surface area contributed by atoms with Gasteiger partial charge in [-0.25, -0.2) is 9.38 Å². The van der Waals surface area contributed by atoms with Gasteiger partial charge >= 0.3 is 5.97 Å². The number of phenols is 1. The van der Waals surface area contributed by atoms with Gasteiger partial charge in [-0.05, 0) is 37.3 Å². The number of halogens is 3. The summed E-state index contributed by atoms with van der Waals surface area (Å²) in [7, 11) is 0. The lowest BCUT2D eigenvalue weighted by atomic mass is 10.0. The van der Waals surface area contributed by atoms with Crippen LogP contribution in [0.4, 0.5) is 10.1 Å². The second-order valence-corrected chi connectivity index (χ2v) is 8.85. The van der Waals surface area contributed by atoms with E-state index < -0.39 is 36.5 Å². The van der Waals surface area contributed by atoms with Crippen LogP contribution in [0, 0.1) is 0 Å². The average molecular weight is 554 g/mol. The number of aromatic hydroxyl groups is 1. The first-order valence-electron chi connectivity index (χ1n) is 11.4. The number of alkyl halides is 1. The Morgan fingerprint density at radius 1 is 1.27 bits per heavy atom. The monoisotopic (exact) mass is 553 g/mol. The fraction of sp³-hybridized carbons (Fsp3) is 0.333. The van der Waals surface area contributed by atoms with E-state index in [1.165, 1.54) is 12.1 Å². The Balaban J connectivity index is 1.64. The van der Waals surface area contributed by atoms with Crippen molar-refractivity contribution in [3.63, 3.8) is 0 Å². The number of esters is 1. The lowest BCUT2D eigenvalue weighted by molar-refractivity contribution is -0.143. The summed E-state index contributed by atoms with van der Waals surface area (Å²) in [4.78, 5) is 41.4. The highest BCUT2D eigenvalue weighted by molar-refractivity contribution is 6.35. The molecule has 0 spiro atoms. The van der Waals surface area contributed by atoms with E-state index in [1.807, 2.05) is 0 Å². The molecule has 198 valence electrons. The molecule has 0 aliphatic carbocycles. The third kappa shape index (κ3) is 8.22. The van der Waals surface area contributed by atoms with Gasteiger partial charge in [0.25, 0.3) is 5.91 Å². The predicted octanol–water partition coefficient (Wildman–Crippen LogP) is 2.95. The molecular weight excluding hydrogens is 528 g/mol. The quantitative estimate of drug-likeness (QED) is 0.300. The zero-order valence-electron chi connectivity index (χ0n) is 19.8. The molecule has 2 atom stereocenters. The van der Waals surface area contributed by atoms with E-state index in [2.05, 4.69) is 26.3 Å².